The molecule has 0 aliphatic rings. The van der Waals surface area contributed by atoms with Gasteiger partial charge in [0.1, 0.15) is 0 Å². The molecule has 96 valence electrons. The topological polar surface area (TPSA) is 68.0 Å². The molecule has 0 aliphatic carbocycles. The molecule has 0 saturated carbocycles. The molecule has 7 heteroatoms. The average Bonchev–Trinajstić information content (AvgIpc) is 2.79. The monoisotopic (exact) mass is 274 g/mol. The zero-order chi connectivity index (χ0) is 13.2. The summed E-state index contributed by atoms with van der Waals surface area (Å²) in [5, 5.41) is 15.9. The van der Waals surface area contributed by atoms with Gasteiger partial charge in [-0.3, -0.25) is 4.98 Å². The first-order chi connectivity index (χ1) is 9.24. The van der Waals surface area contributed by atoms with Gasteiger partial charge in [0.05, 0.1) is 17.9 Å². The molecule has 3 aromatic rings. The second kappa shape index (κ2) is 4.81. The van der Waals surface area contributed by atoms with Gasteiger partial charge in [0.25, 0.3) is 0 Å². The molecule has 3 heterocycles. The van der Waals surface area contributed by atoms with Crippen molar-refractivity contribution in [3.8, 4) is 0 Å². The van der Waals surface area contributed by atoms with E-state index in [4.69, 9.17) is 11.6 Å². The zero-order valence-electron chi connectivity index (χ0n) is 10.2. The molecule has 0 radical (unpaired) electrons. The number of hydrogen-bond acceptors (Lipinski definition) is 5. The number of nitrogens with one attached hydrogen (secondary N) is 1. The fourth-order valence-electron chi connectivity index (χ4n) is 1.77. The van der Waals surface area contributed by atoms with Crippen molar-refractivity contribution in [2.24, 2.45) is 0 Å². The fraction of sp³-hybridized carbons (Fsp3) is 0.167. The van der Waals surface area contributed by atoms with E-state index in [1.807, 2.05) is 25.1 Å². The van der Waals surface area contributed by atoms with Crippen molar-refractivity contribution in [3.63, 3.8) is 0 Å². The molecule has 0 aliphatic heterocycles. The highest BCUT2D eigenvalue weighted by atomic mass is 35.5. The van der Waals surface area contributed by atoms with Gasteiger partial charge in [0, 0.05) is 12.3 Å². The summed E-state index contributed by atoms with van der Waals surface area (Å²) in [6.07, 6.45) is 1.76. The molecule has 0 amide bonds. The van der Waals surface area contributed by atoms with Crippen LogP contribution in [0.2, 0.25) is 5.15 Å². The molecule has 0 unspecified atom stereocenters. The number of halogens is 1. The number of aryl methyl sites for hydroxylation is 1. The summed E-state index contributed by atoms with van der Waals surface area (Å²) in [5.41, 5.74) is 2.37. The van der Waals surface area contributed by atoms with Gasteiger partial charge in [0.15, 0.2) is 11.0 Å². The maximum atomic E-state index is 5.99. The normalized spacial score (nSPS) is 10.8. The number of hydrogen-bond donors (Lipinski definition) is 1. The van der Waals surface area contributed by atoms with Gasteiger partial charge in [-0.1, -0.05) is 17.7 Å². The van der Waals surface area contributed by atoms with E-state index in [2.05, 4.69) is 25.6 Å². The molecule has 6 nitrogen and oxygen atoms in total. The lowest BCUT2D eigenvalue weighted by atomic mass is 10.3. The SMILES string of the molecule is Cc1nnc2c(NCc3ccccn3)cc(Cl)nn12. The average molecular weight is 275 g/mol. The maximum absolute atomic E-state index is 5.99. The highest BCUT2D eigenvalue weighted by Crippen LogP contribution is 2.19. The van der Waals surface area contributed by atoms with E-state index in [-0.39, 0.29) is 0 Å². The summed E-state index contributed by atoms with van der Waals surface area (Å²) in [6.45, 7) is 2.41. The van der Waals surface area contributed by atoms with Crippen LogP contribution >= 0.6 is 11.6 Å². The number of nitrogens with zero attached hydrogens (tertiary/aromatic N) is 5. The molecule has 19 heavy (non-hydrogen) atoms. The van der Waals surface area contributed by atoms with Crippen LogP contribution in [0.15, 0.2) is 30.5 Å². The zero-order valence-corrected chi connectivity index (χ0v) is 11.0. The molecule has 0 atom stereocenters. The van der Waals surface area contributed by atoms with Crippen molar-refractivity contribution in [1.82, 2.24) is 24.8 Å². The van der Waals surface area contributed by atoms with Crippen LogP contribution in [0, 0.1) is 6.92 Å². The highest BCUT2D eigenvalue weighted by molar-refractivity contribution is 6.29. The summed E-state index contributed by atoms with van der Waals surface area (Å²) in [7, 11) is 0. The third-order valence-corrected chi connectivity index (χ3v) is 2.87. The summed E-state index contributed by atoms with van der Waals surface area (Å²) in [4.78, 5) is 4.25. The first-order valence-corrected chi connectivity index (χ1v) is 6.14. The minimum atomic E-state index is 0.388. The Kier molecular flexibility index (Phi) is 3.00. The Morgan fingerprint density at radius 1 is 1.32 bits per heavy atom. The molecule has 0 bridgehead atoms. The molecule has 3 rings (SSSR count). The summed E-state index contributed by atoms with van der Waals surface area (Å²) >= 11 is 5.99. The third kappa shape index (κ3) is 2.34. The smallest absolute Gasteiger partial charge is 0.201 e. The number of rotatable bonds is 3. The van der Waals surface area contributed by atoms with Gasteiger partial charge in [-0.15, -0.1) is 10.2 Å². The lowest BCUT2D eigenvalue weighted by Crippen LogP contribution is -2.05. The molecule has 0 saturated heterocycles. The van der Waals surface area contributed by atoms with Crippen molar-refractivity contribution in [3.05, 3.63) is 47.1 Å². The molecular weight excluding hydrogens is 264 g/mol. The van der Waals surface area contributed by atoms with Crippen molar-refractivity contribution in [2.45, 2.75) is 13.5 Å². The van der Waals surface area contributed by atoms with E-state index in [0.29, 0.717) is 23.2 Å². The van der Waals surface area contributed by atoms with Gasteiger partial charge in [0.2, 0.25) is 5.65 Å². The van der Waals surface area contributed by atoms with Crippen LogP contribution in [0.5, 0.6) is 0 Å². The van der Waals surface area contributed by atoms with Gasteiger partial charge in [-0.25, -0.2) is 0 Å². The van der Waals surface area contributed by atoms with Crippen molar-refractivity contribution < 1.29 is 0 Å². The van der Waals surface area contributed by atoms with Crippen LogP contribution < -0.4 is 5.32 Å². The Morgan fingerprint density at radius 2 is 2.21 bits per heavy atom. The van der Waals surface area contributed by atoms with Crippen LogP contribution in [0.25, 0.3) is 5.65 Å². The van der Waals surface area contributed by atoms with E-state index in [0.717, 1.165) is 11.4 Å². The van der Waals surface area contributed by atoms with Gasteiger partial charge in [-0.05, 0) is 19.1 Å². The first kappa shape index (κ1) is 11.9. The number of anilines is 1. The van der Waals surface area contributed by atoms with Crippen LogP contribution in [0.1, 0.15) is 11.5 Å². The Hall–Kier alpha value is -2.21. The summed E-state index contributed by atoms with van der Waals surface area (Å²) < 4.78 is 1.61. The van der Waals surface area contributed by atoms with Gasteiger partial charge < -0.3 is 5.32 Å². The summed E-state index contributed by atoms with van der Waals surface area (Å²) in [6, 6.07) is 7.50. The Labute approximate surface area is 114 Å². The van der Waals surface area contributed by atoms with E-state index in [9.17, 15) is 0 Å². The van der Waals surface area contributed by atoms with E-state index in [1.165, 1.54) is 0 Å². The van der Waals surface area contributed by atoms with E-state index >= 15 is 0 Å². The largest absolute Gasteiger partial charge is 0.376 e. The highest BCUT2D eigenvalue weighted by Gasteiger charge is 2.09. The number of aromatic nitrogens is 5. The number of pyridine rings is 1. The van der Waals surface area contributed by atoms with Crippen molar-refractivity contribution in [1.29, 1.82) is 0 Å². The fourth-order valence-corrected chi connectivity index (χ4v) is 1.96. The molecule has 1 N–H and O–H groups in total. The quantitative estimate of drug-likeness (QED) is 0.792. The third-order valence-electron chi connectivity index (χ3n) is 2.68. The molecule has 0 fully saturated rings. The summed E-state index contributed by atoms with van der Waals surface area (Å²) in [5.74, 6) is 0.693. The minimum absolute atomic E-state index is 0.388. The van der Waals surface area contributed by atoms with Gasteiger partial charge in [-0.2, -0.15) is 9.61 Å². The van der Waals surface area contributed by atoms with Crippen molar-refractivity contribution in [2.75, 3.05) is 5.32 Å². The Bertz CT molecular complexity index is 709. The lowest BCUT2D eigenvalue weighted by molar-refractivity contribution is 0.874. The predicted molar refractivity (Wildman–Crippen MR) is 72.1 cm³/mol. The number of fused-ring (bicyclic) bond motifs is 1. The second-order valence-electron chi connectivity index (χ2n) is 4.04. The van der Waals surface area contributed by atoms with E-state index in [1.54, 1.807) is 16.8 Å². The Morgan fingerprint density at radius 3 is 3.00 bits per heavy atom. The maximum Gasteiger partial charge on any atom is 0.201 e. The Balaban J connectivity index is 1.92. The van der Waals surface area contributed by atoms with Gasteiger partial charge >= 0.3 is 0 Å². The van der Waals surface area contributed by atoms with Crippen LogP contribution in [-0.2, 0) is 6.54 Å². The lowest BCUT2D eigenvalue weighted by Gasteiger charge is -2.07. The molecule has 3 aromatic heterocycles. The van der Waals surface area contributed by atoms with E-state index < -0.39 is 0 Å². The van der Waals surface area contributed by atoms with Crippen molar-refractivity contribution >= 4 is 22.9 Å². The predicted octanol–water partition coefficient (Wildman–Crippen LogP) is 2.09. The molecular formula is C12H11ClN6. The van der Waals surface area contributed by atoms with Crippen LogP contribution in [0.4, 0.5) is 5.69 Å². The first-order valence-electron chi connectivity index (χ1n) is 5.76. The molecule has 0 spiro atoms. The standard InChI is InChI=1S/C12H11ClN6/c1-8-16-17-12-10(6-11(13)18-19(8)12)15-7-9-4-2-3-5-14-9/h2-6,15H,7H2,1H3. The van der Waals surface area contributed by atoms with Crippen LogP contribution in [0.3, 0.4) is 0 Å². The second-order valence-corrected chi connectivity index (χ2v) is 4.43. The van der Waals surface area contributed by atoms with Crippen LogP contribution in [-0.4, -0.2) is 24.8 Å². The molecule has 0 aromatic carbocycles. The minimum Gasteiger partial charge on any atom is -0.376 e.